The van der Waals surface area contributed by atoms with Crippen molar-refractivity contribution in [1.82, 2.24) is 5.01 Å². The average molecular weight is 552 g/mol. The molecule has 0 spiro atoms. The molecule has 0 unspecified atom stereocenters. The van der Waals surface area contributed by atoms with Gasteiger partial charge in [-0.05, 0) is 73.3 Å². The van der Waals surface area contributed by atoms with Gasteiger partial charge in [-0.15, -0.1) is 0 Å². The third-order valence-corrected chi connectivity index (χ3v) is 8.62. The van der Waals surface area contributed by atoms with Gasteiger partial charge < -0.3 is 5.73 Å². The Morgan fingerprint density at radius 2 is 1.61 bits per heavy atom. The van der Waals surface area contributed by atoms with Gasteiger partial charge in [0, 0.05) is 16.0 Å². The highest BCUT2D eigenvalue weighted by Gasteiger charge is 2.45. The van der Waals surface area contributed by atoms with Crippen molar-refractivity contribution in [3.8, 4) is 0 Å². The number of carbonyl (C=O) groups is 1. The summed E-state index contributed by atoms with van der Waals surface area (Å²) in [6.07, 6.45) is 8.93. The van der Waals surface area contributed by atoms with Crippen molar-refractivity contribution in [1.29, 1.82) is 0 Å². The monoisotopic (exact) mass is 550 g/mol. The van der Waals surface area contributed by atoms with Crippen molar-refractivity contribution in [2.24, 2.45) is 21.8 Å². The van der Waals surface area contributed by atoms with E-state index in [2.05, 4.69) is 61.8 Å². The molecule has 0 aromatic heterocycles. The number of halogens is 1. The number of hydrogen-bond acceptors (Lipinski definition) is 3. The standard InChI is InChI=1S/C30H39BrN4O/c1-29(2)17-22(18-30(3,4)19-29)35-28(36)34(25-13-9-8-12-24(25)32)26-16-21(31)14-15-23(26)27(33-35)20-10-6-5-7-11-20/h8-9,12-16,20,22H,5-7,10-11,17-19,32H2,1-4H3. The molecule has 0 saturated heterocycles. The van der Waals surface area contributed by atoms with Crippen LogP contribution in [-0.4, -0.2) is 22.8 Å². The maximum atomic E-state index is 14.6. The van der Waals surface area contributed by atoms with Crippen LogP contribution in [0.2, 0.25) is 0 Å². The number of hydrazone groups is 1. The molecule has 192 valence electrons. The van der Waals surface area contributed by atoms with E-state index in [9.17, 15) is 4.79 Å². The van der Waals surface area contributed by atoms with E-state index < -0.39 is 0 Å². The Kier molecular flexibility index (Phi) is 6.69. The van der Waals surface area contributed by atoms with E-state index in [0.29, 0.717) is 17.3 Å². The number of fused-ring (bicyclic) bond motifs is 1. The largest absolute Gasteiger partial charge is 0.397 e. The molecular formula is C30H39BrN4O. The summed E-state index contributed by atoms with van der Waals surface area (Å²) in [6, 6.07) is 13.8. The predicted molar refractivity (Wildman–Crippen MR) is 153 cm³/mol. The van der Waals surface area contributed by atoms with Crippen LogP contribution in [0.5, 0.6) is 0 Å². The Morgan fingerprint density at radius 3 is 2.28 bits per heavy atom. The summed E-state index contributed by atoms with van der Waals surface area (Å²) in [4.78, 5) is 16.4. The van der Waals surface area contributed by atoms with Gasteiger partial charge >= 0.3 is 6.03 Å². The number of hydrogen-bond donors (Lipinski definition) is 1. The zero-order valence-corrected chi connectivity index (χ0v) is 23.6. The fourth-order valence-corrected chi connectivity index (χ4v) is 7.47. The predicted octanol–water partition coefficient (Wildman–Crippen LogP) is 8.49. The summed E-state index contributed by atoms with van der Waals surface area (Å²) in [7, 11) is 0. The van der Waals surface area contributed by atoms with E-state index >= 15 is 0 Å². The van der Waals surface area contributed by atoms with Crippen LogP contribution in [0.3, 0.4) is 0 Å². The highest BCUT2D eigenvalue weighted by molar-refractivity contribution is 9.10. The summed E-state index contributed by atoms with van der Waals surface area (Å²) < 4.78 is 0.935. The number of rotatable bonds is 3. The van der Waals surface area contributed by atoms with Crippen molar-refractivity contribution in [3.63, 3.8) is 0 Å². The minimum absolute atomic E-state index is 0.0278. The third kappa shape index (κ3) is 4.93. The molecule has 5 rings (SSSR count). The lowest BCUT2D eigenvalue weighted by atomic mass is 9.63. The zero-order valence-electron chi connectivity index (χ0n) is 22.1. The van der Waals surface area contributed by atoms with Crippen LogP contribution in [0.4, 0.5) is 21.9 Å². The van der Waals surface area contributed by atoms with Crippen molar-refractivity contribution in [2.75, 3.05) is 10.6 Å². The van der Waals surface area contributed by atoms with E-state index in [4.69, 9.17) is 10.8 Å². The Bertz CT molecular complexity index is 1170. The second-order valence-corrected chi connectivity index (χ2v) is 13.5. The van der Waals surface area contributed by atoms with E-state index in [0.717, 1.165) is 53.5 Å². The summed E-state index contributed by atoms with van der Waals surface area (Å²) in [5.74, 6) is 0.353. The molecule has 2 aromatic rings. The van der Waals surface area contributed by atoms with E-state index in [-0.39, 0.29) is 22.9 Å². The molecule has 0 bridgehead atoms. The van der Waals surface area contributed by atoms with Crippen LogP contribution in [-0.2, 0) is 0 Å². The van der Waals surface area contributed by atoms with Crippen LogP contribution in [0.15, 0.2) is 52.0 Å². The number of urea groups is 1. The second-order valence-electron chi connectivity index (χ2n) is 12.6. The highest BCUT2D eigenvalue weighted by Crippen LogP contribution is 2.49. The van der Waals surface area contributed by atoms with Gasteiger partial charge in [0.05, 0.1) is 28.8 Å². The van der Waals surface area contributed by atoms with Gasteiger partial charge in [0.25, 0.3) is 0 Å². The quantitative estimate of drug-likeness (QED) is 0.389. The van der Waals surface area contributed by atoms with Gasteiger partial charge in [0.1, 0.15) is 0 Å². The van der Waals surface area contributed by atoms with Crippen LogP contribution in [0.1, 0.15) is 84.6 Å². The van der Waals surface area contributed by atoms with Crippen LogP contribution in [0.25, 0.3) is 0 Å². The maximum absolute atomic E-state index is 14.6. The van der Waals surface area contributed by atoms with Crippen LogP contribution < -0.4 is 10.6 Å². The molecule has 0 atom stereocenters. The maximum Gasteiger partial charge on any atom is 0.349 e. The summed E-state index contributed by atoms with van der Waals surface area (Å²) in [6.45, 7) is 9.31. The smallest absolute Gasteiger partial charge is 0.349 e. The Morgan fingerprint density at radius 1 is 0.944 bits per heavy atom. The van der Waals surface area contributed by atoms with Gasteiger partial charge in [-0.1, -0.05) is 75.0 Å². The number of nitrogens with two attached hydrogens (primary N) is 1. The van der Waals surface area contributed by atoms with Crippen molar-refractivity contribution >= 4 is 44.7 Å². The van der Waals surface area contributed by atoms with E-state index in [1.165, 1.54) is 19.3 Å². The van der Waals surface area contributed by atoms with Crippen LogP contribution >= 0.6 is 15.9 Å². The van der Waals surface area contributed by atoms with Crippen LogP contribution in [0, 0.1) is 16.7 Å². The highest BCUT2D eigenvalue weighted by atomic mass is 79.9. The molecule has 6 heteroatoms. The molecule has 36 heavy (non-hydrogen) atoms. The van der Waals surface area contributed by atoms with Crippen molar-refractivity contribution in [3.05, 3.63) is 52.5 Å². The minimum Gasteiger partial charge on any atom is -0.397 e. The number of nitrogen functional groups attached to an aromatic ring is 1. The zero-order chi connectivity index (χ0) is 25.7. The lowest BCUT2D eigenvalue weighted by molar-refractivity contribution is 0.0423. The van der Waals surface area contributed by atoms with Crippen molar-refractivity contribution in [2.45, 2.75) is 85.1 Å². The molecule has 2 N–H and O–H groups in total. The summed E-state index contributed by atoms with van der Waals surface area (Å²) in [5, 5.41) is 7.15. The molecule has 2 aliphatic carbocycles. The van der Waals surface area contributed by atoms with Crippen molar-refractivity contribution < 1.29 is 4.79 Å². The fraction of sp³-hybridized carbons (Fsp3) is 0.533. The SMILES string of the molecule is CC1(C)CC(N2N=C(C3CCCCC3)c3ccc(Br)cc3N(c3ccccc3N)C2=O)CC(C)(C)C1. The normalized spacial score (nSPS) is 22.7. The first-order valence-corrected chi connectivity index (χ1v) is 14.2. The number of benzene rings is 2. The molecule has 0 radical (unpaired) electrons. The molecule has 5 nitrogen and oxygen atoms in total. The Hall–Kier alpha value is -2.34. The Labute approximate surface area is 224 Å². The number of nitrogens with zero attached hydrogens (tertiary/aromatic N) is 3. The molecular weight excluding hydrogens is 512 g/mol. The van der Waals surface area contributed by atoms with Gasteiger partial charge in [-0.3, -0.25) is 4.90 Å². The second kappa shape index (κ2) is 9.51. The summed E-state index contributed by atoms with van der Waals surface area (Å²) in [5.41, 5.74) is 11.0. The molecule has 1 aliphatic heterocycles. The van der Waals surface area contributed by atoms with E-state index in [1.54, 1.807) is 0 Å². The molecule has 2 fully saturated rings. The first-order valence-electron chi connectivity index (χ1n) is 13.4. The molecule has 1 heterocycles. The van der Waals surface area contributed by atoms with Gasteiger partial charge in [0.2, 0.25) is 0 Å². The lowest BCUT2D eigenvalue weighted by Gasteiger charge is -2.47. The number of amides is 2. The van der Waals surface area contributed by atoms with Gasteiger partial charge in [0.15, 0.2) is 0 Å². The molecule has 3 aliphatic rings. The molecule has 2 saturated carbocycles. The van der Waals surface area contributed by atoms with E-state index in [1.807, 2.05) is 34.2 Å². The minimum atomic E-state index is -0.114. The molecule has 2 aromatic carbocycles. The molecule has 2 amide bonds. The number of carbonyl (C=O) groups excluding carboxylic acids is 1. The number of para-hydroxylation sites is 2. The lowest BCUT2D eigenvalue weighted by Crippen LogP contribution is -2.49. The summed E-state index contributed by atoms with van der Waals surface area (Å²) >= 11 is 3.67. The first kappa shape index (κ1) is 25.3. The fourth-order valence-electron chi connectivity index (χ4n) is 7.12. The van der Waals surface area contributed by atoms with Gasteiger partial charge in [-0.2, -0.15) is 5.10 Å². The Balaban J connectivity index is 1.71. The first-order chi connectivity index (χ1) is 17.0. The average Bonchev–Trinajstić information content (AvgIpc) is 2.92. The van der Waals surface area contributed by atoms with Gasteiger partial charge in [-0.25, -0.2) is 9.80 Å². The number of anilines is 3. The third-order valence-electron chi connectivity index (χ3n) is 8.13. The topological polar surface area (TPSA) is 61.9 Å².